The van der Waals surface area contributed by atoms with Crippen LogP contribution in [0.5, 0.6) is 11.5 Å². The molecular formula is C21H28N2O6. The van der Waals surface area contributed by atoms with Gasteiger partial charge in [-0.25, -0.2) is 9.59 Å². The molecule has 8 nitrogen and oxygen atoms in total. The third-order valence-corrected chi connectivity index (χ3v) is 4.32. The minimum atomic E-state index is -0.709. The van der Waals surface area contributed by atoms with Crippen LogP contribution in [-0.4, -0.2) is 43.3 Å². The highest BCUT2D eigenvalue weighted by atomic mass is 16.5. The fraction of sp³-hybridized carbons (Fsp3) is 0.476. The molecule has 1 aromatic carbocycles. The van der Waals surface area contributed by atoms with E-state index in [4.69, 9.17) is 14.2 Å². The lowest BCUT2D eigenvalue weighted by Crippen LogP contribution is -2.44. The maximum atomic E-state index is 11.9. The summed E-state index contributed by atoms with van der Waals surface area (Å²) in [6.07, 6.45) is 4.39. The molecule has 0 unspecified atom stereocenters. The number of carbonyl (C=O) groups is 3. The van der Waals surface area contributed by atoms with Crippen molar-refractivity contribution in [3.8, 4) is 11.5 Å². The molecule has 3 amide bonds. The van der Waals surface area contributed by atoms with Gasteiger partial charge in [0, 0.05) is 29.7 Å². The number of hydrogen-bond acceptors (Lipinski definition) is 6. The zero-order chi connectivity index (χ0) is 21.4. The van der Waals surface area contributed by atoms with E-state index in [0.29, 0.717) is 17.9 Å². The van der Waals surface area contributed by atoms with Crippen molar-refractivity contribution in [3.05, 3.63) is 29.3 Å². The van der Waals surface area contributed by atoms with Crippen molar-refractivity contribution in [1.82, 2.24) is 10.6 Å². The van der Waals surface area contributed by atoms with E-state index < -0.39 is 24.5 Å². The summed E-state index contributed by atoms with van der Waals surface area (Å²) in [6, 6.07) is 3.05. The van der Waals surface area contributed by atoms with Gasteiger partial charge in [-0.15, -0.1) is 0 Å². The number of carbonyl (C=O) groups excluding carboxylic acids is 3. The van der Waals surface area contributed by atoms with Crippen LogP contribution >= 0.6 is 0 Å². The number of esters is 1. The Bertz CT molecular complexity index is 790. The smallest absolute Gasteiger partial charge is 0.331 e. The Morgan fingerprint density at radius 1 is 1.31 bits per heavy atom. The van der Waals surface area contributed by atoms with Crippen LogP contribution in [0.2, 0.25) is 0 Å². The molecule has 0 saturated heterocycles. The summed E-state index contributed by atoms with van der Waals surface area (Å²) in [5, 5.41) is 4.69. The molecular weight excluding hydrogens is 376 g/mol. The van der Waals surface area contributed by atoms with E-state index in [9.17, 15) is 14.4 Å². The first kappa shape index (κ1) is 22.3. The molecule has 0 saturated carbocycles. The van der Waals surface area contributed by atoms with Crippen molar-refractivity contribution in [2.45, 2.75) is 52.7 Å². The Kier molecular flexibility index (Phi) is 8.06. The Morgan fingerprint density at radius 2 is 2.07 bits per heavy atom. The van der Waals surface area contributed by atoms with Crippen molar-refractivity contribution < 1.29 is 28.6 Å². The predicted molar refractivity (Wildman–Crippen MR) is 108 cm³/mol. The van der Waals surface area contributed by atoms with Gasteiger partial charge in [0.2, 0.25) is 0 Å². The summed E-state index contributed by atoms with van der Waals surface area (Å²) >= 11 is 0. The quantitative estimate of drug-likeness (QED) is 0.510. The summed E-state index contributed by atoms with van der Waals surface area (Å²) in [4.78, 5) is 35.2. The zero-order valence-corrected chi connectivity index (χ0v) is 17.2. The Balaban J connectivity index is 1.91. The van der Waals surface area contributed by atoms with E-state index in [1.165, 1.54) is 6.08 Å². The van der Waals surface area contributed by atoms with Crippen LogP contribution in [-0.2, 0) is 20.7 Å². The van der Waals surface area contributed by atoms with Gasteiger partial charge < -0.3 is 19.5 Å². The lowest BCUT2D eigenvalue weighted by atomic mass is 10.1. The number of nitrogens with one attached hydrogen (secondary N) is 2. The zero-order valence-electron chi connectivity index (χ0n) is 17.2. The van der Waals surface area contributed by atoms with Gasteiger partial charge in [0.15, 0.2) is 6.61 Å². The summed E-state index contributed by atoms with van der Waals surface area (Å²) < 4.78 is 16.3. The van der Waals surface area contributed by atoms with Crippen molar-refractivity contribution in [2.24, 2.45) is 0 Å². The number of ether oxygens (including phenoxy) is 3. The fourth-order valence-electron chi connectivity index (χ4n) is 2.73. The third kappa shape index (κ3) is 6.81. The van der Waals surface area contributed by atoms with Crippen LogP contribution in [0, 0.1) is 0 Å². The van der Waals surface area contributed by atoms with Crippen molar-refractivity contribution in [3.63, 3.8) is 0 Å². The number of fused-ring (bicyclic) bond motifs is 1. The molecule has 1 aromatic rings. The van der Waals surface area contributed by atoms with Gasteiger partial charge in [-0.05, 0) is 45.4 Å². The lowest BCUT2D eigenvalue weighted by molar-refractivity contribution is -0.143. The molecule has 1 aliphatic rings. The van der Waals surface area contributed by atoms with Gasteiger partial charge in [0.1, 0.15) is 17.6 Å². The van der Waals surface area contributed by atoms with Gasteiger partial charge in [-0.1, -0.05) is 6.92 Å². The lowest BCUT2D eigenvalue weighted by Gasteiger charge is -2.11. The maximum absolute atomic E-state index is 11.9. The minimum Gasteiger partial charge on any atom is -0.493 e. The van der Waals surface area contributed by atoms with E-state index in [0.717, 1.165) is 24.2 Å². The van der Waals surface area contributed by atoms with E-state index in [-0.39, 0.29) is 12.1 Å². The number of hydrogen-bond donors (Lipinski definition) is 2. The summed E-state index contributed by atoms with van der Waals surface area (Å²) in [5.74, 6) is -0.00433. The molecule has 8 heteroatoms. The molecule has 0 bridgehead atoms. The Labute approximate surface area is 170 Å². The van der Waals surface area contributed by atoms with Crippen molar-refractivity contribution in [2.75, 3.05) is 13.2 Å². The van der Waals surface area contributed by atoms with E-state index in [1.807, 2.05) is 39.8 Å². The number of urea groups is 1. The van der Waals surface area contributed by atoms with Gasteiger partial charge >= 0.3 is 12.0 Å². The largest absolute Gasteiger partial charge is 0.493 e. The van der Waals surface area contributed by atoms with Gasteiger partial charge in [0.25, 0.3) is 5.91 Å². The standard InChI is InChI=1S/C21H28N2O6/c1-5-13(3)22-21(26)23-19(24)12-28-20(25)8-7-15-10-18-16(9-14(4)29-18)11-17(15)27-6-2/h7-8,10-11,13-14H,5-6,9,12H2,1-4H3,(H2,22,23,24,26)/b8-7+/t13-,14-/m1/s1. The van der Waals surface area contributed by atoms with Crippen LogP contribution in [0.1, 0.15) is 45.2 Å². The topological polar surface area (TPSA) is 103 Å². The highest BCUT2D eigenvalue weighted by Crippen LogP contribution is 2.35. The first-order valence-electron chi connectivity index (χ1n) is 9.73. The SMILES string of the molecule is CCOc1cc2c(cc1/C=C/C(=O)OCC(=O)NC(=O)N[C@H](C)CC)O[C@H](C)C2. The van der Waals surface area contributed by atoms with Crippen LogP contribution in [0.25, 0.3) is 6.08 Å². The summed E-state index contributed by atoms with van der Waals surface area (Å²) in [7, 11) is 0. The Hall–Kier alpha value is -3.03. The number of imide groups is 1. The molecule has 0 radical (unpaired) electrons. The first-order chi connectivity index (χ1) is 13.8. The molecule has 2 atom stereocenters. The maximum Gasteiger partial charge on any atom is 0.331 e. The van der Waals surface area contributed by atoms with Gasteiger partial charge in [-0.2, -0.15) is 0 Å². The molecule has 2 N–H and O–H groups in total. The molecule has 0 fully saturated rings. The molecule has 1 heterocycles. The highest BCUT2D eigenvalue weighted by molar-refractivity contribution is 5.96. The van der Waals surface area contributed by atoms with Crippen LogP contribution in [0.15, 0.2) is 18.2 Å². The molecule has 158 valence electrons. The van der Waals surface area contributed by atoms with E-state index in [1.54, 1.807) is 6.08 Å². The second-order valence-corrected chi connectivity index (χ2v) is 6.84. The average Bonchev–Trinajstić information content (AvgIpc) is 3.03. The first-order valence-corrected chi connectivity index (χ1v) is 9.73. The molecule has 1 aliphatic heterocycles. The number of benzene rings is 1. The molecule has 0 aromatic heterocycles. The highest BCUT2D eigenvalue weighted by Gasteiger charge is 2.21. The molecule has 0 spiro atoms. The molecule has 0 aliphatic carbocycles. The summed E-state index contributed by atoms with van der Waals surface area (Å²) in [5.41, 5.74) is 1.74. The predicted octanol–water partition coefficient (Wildman–Crippen LogP) is 2.59. The number of rotatable bonds is 8. The van der Waals surface area contributed by atoms with E-state index in [2.05, 4.69) is 10.6 Å². The van der Waals surface area contributed by atoms with Crippen LogP contribution in [0.4, 0.5) is 4.79 Å². The Morgan fingerprint density at radius 3 is 2.76 bits per heavy atom. The monoisotopic (exact) mass is 404 g/mol. The number of amides is 3. The van der Waals surface area contributed by atoms with Gasteiger partial charge in [0.05, 0.1) is 6.61 Å². The van der Waals surface area contributed by atoms with Crippen LogP contribution < -0.4 is 20.1 Å². The van der Waals surface area contributed by atoms with Crippen molar-refractivity contribution >= 4 is 24.0 Å². The van der Waals surface area contributed by atoms with Crippen LogP contribution in [0.3, 0.4) is 0 Å². The van der Waals surface area contributed by atoms with Gasteiger partial charge in [-0.3, -0.25) is 10.1 Å². The molecule has 29 heavy (non-hydrogen) atoms. The van der Waals surface area contributed by atoms with E-state index >= 15 is 0 Å². The normalized spacial score (nSPS) is 15.9. The summed E-state index contributed by atoms with van der Waals surface area (Å²) in [6.45, 7) is 7.52. The minimum absolute atomic E-state index is 0.0629. The molecule has 2 rings (SSSR count). The van der Waals surface area contributed by atoms with Crippen molar-refractivity contribution in [1.29, 1.82) is 0 Å². The second-order valence-electron chi connectivity index (χ2n) is 6.84. The third-order valence-electron chi connectivity index (χ3n) is 4.32. The average molecular weight is 404 g/mol. The second kappa shape index (κ2) is 10.5. The fourth-order valence-corrected chi connectivity index (χ4v) is 2.73.